The molecule has 0 radical (unpaired) electrons. The summed E-state index contributed by atoms with van der Waals surface area (Å²) in [6, 6.07) is 21.5. The number of benzene rings is 2. The standard InChI is InChI=1S/C25H28N6O2/c1-3-26-25(28-18-24-30-29-23-6-4-5-17-31(23)24)27-16-15-19-7-9-21(10-8-19)33-22-13-11-20(32-2)12-14-22/h4-14,17H,3,15-16,18H2,1-2H3,(H2,26,27,28). The maximum Gasteiger partial charge on any atom is 0.191 e. The van der Waals surface area contributed by atoms with E-state index in [1.807, 2.05) is 72.1 Å². The summed E-state index contributed by atoms with van der Waals surface area (Å²) in [5.74, 6) is 3.94. The third-order valence-electron chi connectivity index (χ3n) is 5.03. The Balaban J connectivity index is 1.29. The monoisotopic (exact) mass is 444 g/mol. The molecule has 0 aliphatic rings. The fourth-order valence-corrected chi connectivity index (χ4v) is 3.32. The Morgan fingerprint density at radius 2 is 1.64 bits per heavy atom. The van der Waals surface area contributed by atoms with Crippen molar-refractivity contribution in [1.82, 2.24) is 25.2 Å². The van der Waals surface area contributed by atoms with Crippen molar-refractivity contribution in [2.45, 2.75) is 19.9 Å². The molecule has 2 N–H and O–H groups in total. The van der Waals surface area contributed by atoms with Crippen LogP contribution in [0.5, 0.6) is 17.2 Å². The van der Waals surface area contributed by atoms with Crippen molar-refractivity contribution in [3.8, 4) is 17.2 Å². The van der Waals surface area contributed by atoms with E-state index in [0.29, 0.717) is 6.54 Å². The van der Waals surface area contributed by atoms with E-state index in [-0.39, 0.29) is 0 Å². The van der Waals surface area contributed by atoms with Crippen LogP contribution in [0, 0.1) is 0 Å². The second kappa shape index (κ2) is 11.0. The molecule has 0 fully saturated rings. The quantitative estimate of drug-likeness (QED) is 0.302. The molecule has 0 unspecified atom stereocenters. The first-order valence-electron chi connectivity index (χ1n) is 11.0. The first kappa shape index (κ1) is 22.1. The highest BCUT2D eigenvalue weighted by Crippen LogP contribution is 2.24. The van der Waals surface area contributed by atoms with Gasteiger partial charge in [-0.15, -0.1) is 10.2 Å². The number of pyridine rings is 1. The molecular weight excluding hydrogens is 416 g/mol. The maximum absolute atomic E-state index is 5.89. The molecule has 0 atom stereocenters. The molecule has 0 saturated carbocycles. The third kappa shape index (κ3) is 6.00. The van der Waals surface area contributed by atoms with Crippen molar-refractivity contribution in [1.29, 1.82) is 0 Å². The number of hydrogen-bond acceptors (Lipinski definition) is 5. The lowest BCUT2D eigenvalue weighted by Gasteiger charge is -2.11. The summed E-state index contributed by atoms with van der Waals surface area (Å²) < 4.78 is 13.0. The average molecular weight is 445 g/mol. The SMILES string of the molecule is CCNC(=NCc1nnc2ccccn12)NCCc1ccc(Oc2ccc(OC)cc2)cc1. The van der Waals surface area contributed by atoms with Crippen molar-refractivity contribution in [2.75, 3.05) is 20.2 Å². The van der Waals surface area contributed by atoms with E-state index < -0.39 is 0 Å². The molecule has 2 heterocycles. The molecule has 0 aliphatic heterocycles. The van der Waals surface area contributed by atoms with Crippen LogP contribution in [0.3, 0.4) is 0 Å². The van der Waals surface area contributed by atoms with Crippen molar-refractivity contribution in [3.63, 3.8) is 0 Å². The molecule has 4 aromatic rings. The van der Waals surface area contributed by atoms with Gasteiger partial charge in [0.1, 0.15) is 23.8 Å². The van der Waals surface area contributed by atoms with E-state index in [1.165, 1.54) is 5.56 Å². The topological polar surface area (TPSA) is 85.1 Å². The molecule has 33 heavy (non-hydrogen) atoms. The number of methoxy groups -OCH3 is 1. The second-order valence-corrected chi connectivity index (χ2v) is 7.34. The van der Waals surface area contributed by atoms with Gasteiger partial charge in [-0.05, 0) is 67.4 Å². The molecular formula is C25H28N6O2. The molecule has 8 nitrogen and oxygen atoms in total. The smallest absolute Gasteiger partial charge is 0.191 e. The number of aromatic nitrogens is 3. The van der Waals surface area contributed by atoms with Gasteiger partial charge in [-0.25, -0.2) is 4.99 Å². The van der Waals surface area contributed by atoms with Crippen LogP contribution in [-0.2, 0) is 13.0 Å². The van der Waals surface area contributed by atoms with Crippen LogP contribution in [0.25, 0.3) is 5.65 Å². The summed E-state index contributed by atoms with van der Waals surface area (Å²) >= 11 is 0. The van der Waals surface area contributed by atoms with Gasteiger partial charge in [-0.1, -0.05) is 18.2 Å². The Bertz CT molecular complexity index is 1190. The largest absolute Gasteiger partial charge is 0.497 e. The minimum absolute atomic E-state index is 0.442. The number of nitrogens with zero attached hydrogens (tertiary/aromatic N) is 4. The highest BCUT2D eigenvalue weighted by Gasteiger charge is 2.05. The number of rotatable bonds is 9. The summed E-state index contributed by atoms with van der Waals surface area (Å²) in [4.78, 5) is 4.65. The van der Waals surface area contributed by atoms with E-state index in [4.69, 9.17) is 9.47 Å². The van der Waals surface area contributed by atoms with Gasteiger partial charge in [-0.3, -0.25) is 4.40 Å². The van der Waals surface area contributed by atoms with E-state index in [1.54, 1.807) is 7.11 Å². The Hall–Kier alpha value is -4.07. The summed E-state index contributed by atoms with van der Waals surface area (Å²) in [6.45, 7) is 4.03. The van der Waals surface area contributed by atoms with Crippen molar-refractivity contribution < 1.29 is 9.47 Å². The zero-order valence-corrected chi connectivity index (χ0v) is 18.9. The maximum atomic E-state index is 5.89. The van der Waals surface area contributed by atoms with Gasteiger partial charge >= 0.3 is 0 Å². The Kier molecular flexibility index (Phi) is 7.37. The van der Waals surface area contributed by atoms with Crippen LogP contribution in [0.15, 0.2) is 77.9 Å². The Labute approximate surface area is 193 Å². The molecule has 0 bridgehead atoms. The van der Waals surface area contributed by atoms with Gasteiger partial charge < -0.3 is 20.1 Å². The lowest BCUT2D eigenvalue weighted by Crippen LogP contribution is -2.38. The van der Waals surface area contributed by atoms with Crippen LogP contribution in [0.2, 0.25) is 0 Å². The fraction of sp³-hybridized carbons (Fsp3) is 0.240. The Morgan fingerprint density at radius 3 is 2.36 bits per heavy atom. The van der Waals surface area contributed by atoms with Gasteiger partial charge in [0.2, 0.25) is 0 Å². The number of aliphatic imine (C=N–C) groups is 1. The predicted molar refractivity (Wildman–Crippen MR) is 129 cm³/mol. The minimum atomic E-state index is 0.442. The molecule has 170 valence electrons. The van der Waals surface area contributed by atoms with Crippen molar-refractivity contribution >= 4 is 11.6 Å². The van der Waals surface area contributed by atoms with Gasteiger partial charge in [0.15, 0.2) is 17.4 Å². The first-order valence-corrected chi connectivity index (χ1v) is 11.0. The Morgan fingerprint density at radius 1 is 0.909 bits per heavy atom. The lowest BCUT2D eigenvalue weighted by molar-refractivity contribution is 0.413. The van der Waals surface area contributed by atoms with Crippen LogP contribution in [0.4, 0.5) is 0 Å². The van der Waals surface area contributed by atoms with E-state index >= 15 is 0 Å². The second-order valence-electron chi connectivity index (χ2n) is 7.34. The fourth-order valence-electron chi connectivity index (χ4n) is 3.32. The highest BCUT2D eigenvalue weighted by molar-refractivity contribution is 5.79. The van der Waals surface area contributed by atoms with Gasteiger partial charge in [0.05, 0.1) is 7.11 Å². The number of nitrogens with one attached hydrogen (secondary N) is 2. The van der Waals surface area contributed by atoms with E-state index in [9.17, 15) is 0 Å². The van der Waals surface area contributed by atoms with Crippen molar-refractivity contribution in [3.05, 3.63) is 84.3 Å². The summed E-state index contributed by atoms with van der Waals surface area (Å²) in [7, 11) is 1.65. The zero-order valence-electron chi connectivity index (χ0n) is 18.9. The summed E-state index contributed by atoms with van der Waals surface area (Å²) in [5.41, 5.74) is 2.03. The molecule has 0 saturated heterocycles. The van der Waals surface area contributed by atoms with E-state index in [2.05, 4.69) is 38.0 Å². The normalized spacial score (nSPS) is 11.4. The molecule has 0 aliphatic carbocycles. The molecule has 0 amide bonds. The van der Waals surface area contributed by atoms with Gasteiger partial charge in [-0.2, -0.15) is 0 Å². The first-order chi connectivity index (χ1) is 16.2. The molecule has 2 aromatic carbocycles. The average Bonchev–Trinajstić information content (AvgIpc) is 3.27. The third-order valence-corrected chi connectivity index (χ3v) is 5.03. The minimum Gasteiger partial charge on any atom is -0.497 e. The highest BCUT2D eigenvalue weighted by atomic mass is 16.5. The molecule has 4 rings (SSSR count). The van der Waals surface area contributed by atoms with Crippen molar-refractivity contribution in [2.24, 2.45) is 4.99 Å². The summed E-state index contributed by atoms with van der Waals surface area (Å²) in [5, 5.41) is 15.1. The van der Waals surface area contributed by atoms with Crippen LogP contribution in [-0.4, -0.2) is 40.8 Å². The number of fused-ring (bicyclic) bond motifs is 1. The van der Waals surface area contributed by atoms with Crippen LogP contribution < -0.4 is 20.1 Å². The van der Waals surface area contributed by atoms with Crippen LogP contribution >= 0.6 is 0 Å². The van der Waals surface area contributed by atoms with Crippen LogP contribution in [0.1, 0.15) is 18.3 Å². The summed E-state index contributed by atoms with van der Waals surface area (Å²) in [6.07, 6.45) is 2.81. The zero-order chi connectivity index (χ0) is 22.9. The number of ether oxygens (including phenoxy) is 2. The number of hydrogen-bond donors (Lipinski definition) is 2. The lowest BCUT2D eigenvalue weighted by atomic mass is 10.1. The van der Waals surface area contributed by atoms with E-state index in [0.717, 1.165) is 54.2 Å². The molecule has 8 heteroatoms. The molecule has 0 spiro atoms. The number of guanidine groups is 1. The van der Waals surface area contributed by atoms with Gasteiger partial charge in [0.25, 0.3) is 0 Å². The molecule has 2 aromatic heterocycles. The predicted octanol–water partition coefficient (Wildman–Crippen LogP) is 3.83. The van der Waals surface area contributed by atoms with Gasteiger partial charge in [0, 0.05) is 19.3 Å².